The number of hydrogen-bond acceptors (Lipinski definition) is 2. The summed E-state index contributed by atoms with van der Waals surface area (Å²) in [7, 11) is 0. The largest absolute Gasteiger partial charge is 0.351 e. The summed E-state index contributed by atoms with van der Waals surface area (Å²) in [6.45, 7) is 0.742. The Kier molecular flexibility index (Phi) is 4.28. The van der Waals surface area contributed by atoms with Crippen LogP contribution in [0.1, 0.15) is 34.8 Å². The van der Waals surface area contributed by atoms with Crippen LogP contribution in [0.15, 0.2) is 54.6 Å². The highest BCUT2D eigenvalue weighted by atomic mass is 16.2. The van der Waals surface area contributed by atoms with Gasteiger partial charge in [-0.3, -0.25) is 4.79 Å². The molecule has 1 saturated heterocycles. The van der Waals surface area contributed by atoms with Crippen LogP contribution in [0.25, 0.3) is 0 Å². The topological polar surface area (TPSA) is 75.4 Å². The first-order valence-corrected chi connectivity index (χ1v) is 7.67. The predicted octanol–water partition coefficient (Wildman–Crippen LogP) is 3.15. The number of anilines is 1. The second-order valence-electron chi connectivity index (χ2n) is 5.64. The Labute approximate surface area is 135 Å². The number of carbonyl (C=O) groups excluding carboxylic acids is 2. The molecule has 0 saturated carbocycles. The molecule has 0 spiro atoms. The molecule has 0 radical (unpaired) electrons. The lowest BCUT2D eigenvalue weighted by Crippen LogP contribution is -2.30. The zero-order chi connectivity index (χ0) is 16.2. The number of nitrogens with two attached hydrogens (primary N) is 1. The molecule has 2 aromatic carbocycles. The molecule has 0 aromatic heterocycles. The van der Waals surface area contributed by atoms with E-state index in [9.17, 15) is 9.59 Å². The van der Waals surface area contributed by atoms with Crippen molar-refractivity contribution in [3.05, 3.63) is 65.7 Å². The van der Waals surface area contributed by atoms with Gasteiger partial charge in [0.1, 0.15) is 0 Å². The molecule has 1 atom stereocenters. The molecular formula is C18H19N3O2. The molecule has 118 valence electrons. The Bertz CT molecular complexity index is 715. The lowest BCUT2D eigenvalue weighted by Gasteiger charge is -2.25. The van der Waals surface area contributed by atoms with E-state index in [0.717, 1.165) is 24.9 Å². The summed E-state index contributed by atoms with van der Waals surface area (Å²) in [6.07, 6.45) is 1.96. The highest BCUT2D eigenvalue weighted by molar-refractivity contribution is 5.97. The van der Waals surface area contributed by atoms with E-state index >= 15 is 0 Å². The number of amides is 3. The maximum Gasteiger partial charge on any atom is 0.316 e. The van der Waals surface area contributed by atoms with Crippen molar-refractivity contribution in [3.8, 4) is 0 Å². The molecule has 3 N–H and O–H groups in total. The minimum atomic E-state index is -0.641. The third-order valence-electron chi connectivity index (χ3n) is 4.08. The standard InChI is InChI=1S/C18H19N3O2/c19-18(23)20-15-9-4-8-14(12-15)17(22)21-11-5-10-16(21)13-6-2-1-3-7-13/h1-4,6-9,12,16H,5,10-11H2,(H3,19,20,23)/t16-/m0/s1. The lowest BCUT2D eigenvalue weighted by atomic mass is 10.0. The summed E-state index contributed by atoms with van der Waals surface area (Å²) in [4.78, 5) is 25.7. The maximum atomic E-state index is 12.9. The quantitative estimate of drug-likeness (QED) is 0.914. The molecule has 5 nitrogen and oxygen atoms in total. The van der Waals surface area contributed by atoms with Crippen LogP contribution in [0.3, 0.4) is 0 Å². The van der Waals surface area contributed by atoms with Crippen LogP contribution in [-0.2, 0) is 0 Å². The van der Waals surface area contributed by atoms with Crippen molar-refractivity contribution >= 4 is 17.6 Å². The Morgan fingerprint density at radius 3 is 2.61 bits per heavy atom. The fourth-order valence-electron chi connectivity index (χ4n) is 3.07. The minimum Gasteiger partial charge on any atom is -0.351 e. The number of primary amides is 1. The third-order valence-corrected chi connectivity index (χ3v) is 4.08. The highest BCUT2D eigenvalue weighted by Crippen LogP contribution is 2.33. The molecule has 1 fully saturated rings. The van der Waals surface area contributed by atoms with Gasteiger partial charge in [-0.05, 0) is 36.6 Å². The fraction of sp³-hybridized carbons (Fsp3) is 0.222. The van der Waals surface area contributed by atoms with Gasteiger partial charge in [0, 0.05) is 17.8 Å². The van der Waals surface area contributed by atoms with E-state index in [4.69, 9.17) is 5.73 Å². The van der Waals surface area contributed by atoms with Gasteiger partial charge in [-0.25, -0.2) is 4.79 Å². The first-order chi connectivity index (χ1) is 11.1. The number of nitrogens with zero attached hydrogens (tertiary/aromatic N) is 1. The van der Waals surface area contributed by atoms with Crippen molar-refractivity contribution in [2.24, 2.45) is 5.73 Å². The van der Waals surface area contributed by atoms with Crippen molar-refractivity contribution in [2.75, 3.05) is 11.9 Å². The first-order valence-electron chi connectivity index (χ1n) is 7.67. The van der Waals surface area contributed by atoms with Gasteiger partial charge in [0.25, 0.3) is 5.91 Å². The average Bonchev–Trinajstić information content (AvgIpc) is 3.04. The predicted molar refractivity (Wildman–Crippen MR) is 89.1 cm³/mol. The normalized spacial score (nSPS) is 17.0. The third kappa shape index (κ3) is 3.34. The van der Waals surface area contributed by atoms with Crippen LogP contribution in [0.4, 0.5) is 10.5 Å². The van der Waals surface area contributed by atoms with Gasteiger partial charge in [-0.1, -0.05) is 36.4 Å². The molecule has 0 unspecified atom stereocenters. The van der Waals surface area contributed by atoms with Gasteiger partial charge in [0.05, 0.1) is 6.04 Å². The van der Waals surface area contributed by atoms with E-state index in [0.29, 0.717) is 11.3 Å². The molecular weight excluding hydrogens is 290 g/mol. The van der Waals surface area contributed by atoms with Gasteiger partial charge in [-0.15, -0.1) is 0 Å². The molecule has 3 amide bonds. The second kappa shape index (κ2) is 6.52. The van der Waals surface area contributed by atoms with E-state index in [1.54, 1.807) is 24.3 Å². The summed E-state index contributed by atoms with van der Waals surface area (Å²) in [5.74, 6) is -0.0236. The van der Waals surface area contributed by atoms with Crippen LogP contribution in [0.2, 0.25) is 0 Å². The van der Waals surface area contributed by atoms with Crippen LogP contribution in [0, 0.1) is 0 Å². The van der Waals surface area contributed by atoms with Gasteiger partial charge in [0.15, 0.2) is 0 Å². The van der Waals surface area contributed by atoms with E-state index in [1.807, 2.05) is 23.1 Å². The van der Waals surface area contributed by atoms with E-state index in [1.165, 1.54) is 0 Å². The summed E-state index contributed by atoms with van der Waals surface area (Å²) in [5.41, 5.74) is 7.36. The molecule has 2 aromatic rings. The molecule has 5 heteroatoms. The maximum absolute atomic E-state index is 12.9. The van der Waals surface area contributed by atoms with Gasteiger partial charge >= 0.3 is 6.03 Å². The van der Waals surface area contributed by atoms with Crippen molar-refractivity contribution in [2.45, 2.75) is 18.9 Å². The zero-order valence-corrected chi connectivity index (χ0v) is 12.7. The SMILES string of the molecule is NC(=O)Nc1cccc(C(=O)N2CCC[C@H]2c2ccccc2)c1. The number of nitrogens with one attached hydrogen (secondary N) is 1. The number of likely N-dealkylation sites (tertiary alicyclic amines) is 1. The van der Waals surface area contributed by atoms with Crippen molar-refractivity contribution < 1.29 is 9.59 Å². The van der Waals surface area contributed by atoms with E-state index in [-0.39, 0.29) is 11.9 Å². The number of carbonyl (C=O) groups is 2. The highest BCUT2D eigenvalue weighted by Gasteiger charge is 2.30. The van der Waals surface area contributed by atoms with Crippen LogP contribution >= 0.6 is 0 Å². The average molecular weight is 309 g/mol. The minimum absolute atomic E-state index is 0.0236. The summed E-state index contributed by atoms with van der Waals surface area (Å²) < 4.78 is 0. The van der Waals surface area contributed by atoms with Gasteiger partial charge in [0.2, 0.25) is 0 Å². The first kappa shape index (κ1) is 15.1. The Morgan fingerprint density at radius 1 is 1.09 bits per heavy atom. The van der Waals surface area contributed by atoms with Gasteiger partial charge < -0.3 is 16.0 Å². The van der Waals surface area contributed by atoms with Crippen molar-refractivity contribution in [1.29, 1.82) is 0 Å². The summed E-state index contributed by atoms with van der Waals surface area (Å²) in [6, 6.07) is 16.4. The number of rotatable bonds is 3. The smallest absolute Gasteiger partial charge is 0.316 e. The molecule has 1 aliphatic heterocycles. The molecule has 1 heterocycles. The number of hydrogen-bond donors (Lipinski definition) is 2. The number of benzene rings is 2. The Morgan fingerprint density at radius 2 is 1.87 bits per heavy atom. The molecule has 0 bridgehead atoms. The summed E-state index contributed by atoms with van der Waals surface area (Å²) >= 11 is 0. The van der Waals surface area contributed by atoms with Crippen molar-refractivity contribution in [3.63, 3.8) is 0 Å². The van der Waals surface area contributed by atoms with Crippen molar-refractivity contribution in [1.82, 2.24) is 4.90 Å². The Balaban J connectivity index is 1.83. The molecule has 3 rings (SSSR count). The van der Waals surface area contributed by atoms with E-state index in [2.05, 4.69) is 17.4 Å². The molecule has 0 aliphatic carbocycles. The fourth-order valence-corrected chi connectivity index (χ4v) is 3.07. The van der Waals surface area contributed by atoms with Crippen LogP contribution in [0.5, 0.6) is 0 Å². The lowest BCUT2D eigenvalue weighted by molar-refractivity contribution is 0.0735. The monoisotopic (exact) mass is 309 g/mol. The van der Waals surface area contributed by atoms with E-state index < -0.39 is 6.03 Å². The van der Waals surface area contributed by atoms with Gasteiger partial charge in [-0.2, -0.15) is 0 Å². The van der Waals surface area contributed by atoms with Crippen LogP contribution < -0.4 is 11.1 Å². The molecule has 23 heavy (non-hydrogen) atoms. The zero-order valence-electron chi connectivity index (χ0n) is 12.7. The van der Waals surface area contributed by atoms with Crippen LogP contribution in [-0.4, -0.2) is 23.4 Å². The second-order valence-corrected chi connectivity index (χ2v) is 5.64. The molecule has 1 aliphatic rings. The summed E-state index contributed by atoms with van der Waals surface area (Å²) in [5, 5.41) is 2.50. The number of urea groups is 1. The Hall–Kier alpha value is -2.82.